The summed E-state index contributed by atoms with van der Waals surface area (Å²) in [6.45, 7) is 3.22. The Morgan fingerprint density at radius 2 is 2.11 bits per heavy atom. The molecule has 0 saturated heterocycles. The van der Waals surface area contributed by atoms with E-state index in [-0.39, 0.29) is 5.82 Å². The molecule has 1 aromatic carbocycles. The predicted molar refractivity (Wildman–Crippen MR) is 79.8 cm³/mol. The van der Waals surface area contributed by atoms with Crippen molar-refractivity contribution in [2.75, 3.05) is 18.6 Å². The molecule has 1 aromatic rings. The first-order valence-corrected chi connectivity index (χ1v) is 8.08. The normalized spacial score (nSPS) is 12.6. The Morgan fingerprint density at radius 1 is 1.28 bits per heavy atom. The van der Waals surface area contributed by atoms with E-state index < -0.39 is 0 Å². The van der Waals surface area contributed by atoms with Gasteiger partial charge in [-0.15, -0.1) is 0 Å². The molecule has 18 heavy (non-hydrogen) atoms. The standard InChI is InChI=1S/C15H24FNS/c1-13(17-9-4-3-5-10-18-2)11-14-7-6-8-15(16)12-14/h6-8,12-13,17H,3-5,9-11H2,1-2H3. The van der Waals surface area contributed by atoms with E-state index in [1.54, 1.807) is 12.1 Å². The van der Waals surface area contributed by atoms with Crippen molar-refractivity contribution in [1.29, 1.82) is 0 Å². The van der Waals surface area contributed by atoms with Gasteiger partial charge in [-0.2, -0.15) is 11.8 Å². The summed E-state index contributed by atoms with van der Waals surface area (Å²) >= 11 is 1.91. The quantitative estimate of drug-likeness (QED) is 0.683. The summed E-state index contributed by atoms with van der Waals surface area (Å²) in [5, 5.41) is 3.50. The van der Waals surface area contributed by atoms with Crippen molar-refractivity contribution < 1.29 is 4.39 Å². The number of nitrogens with one attached hydrogen (secondary N) is 1. The van der Waals surface area contributed by atoms with Gasteiger partial charge in [0.15, 0.2) is 0 Å². The molecule has 1 N–H and O–H groups in total. The molecular formula is C15H24FNS. The summed E-state index contributed by atoms with van der Waals surface area (Å²) in [6, 6.07) is 7.29. The summed E-state index contributed by atoms with van der Waals surface area (Å²) < 4.78 is 13.0. The minimum Gasteiger partial charge on any atom is -0.314 e. The number of hydrogen-bond acceptors (Lipinski definition) is 2. The van der Waals surface area contributed by atoms with Crippen LogP contribution in [0.3, 0.4) is 0 Å². The molecule has 0 aliphatic rings. The van der Waals surface area contributed by atoms with E-state index in [0.717, 1.165) is 18.5 Å². The highest BCUT2D eigenvalue weighted by molar-refractivity contribution is 7.98. The van der Waals surface area contributed by atoms with Gasteiger partial charge >= 0.3 is 0 Å². The maximum Gasteiger partial charge on any atom is 0.123 e. The van der Waals surface area contributed by atoms with Crippen LogP contribution in [0.1, 0.15) is 31.7 Å². The van der Waals surface area contributed by atoms with E-state index in [4.69, 9.17) is 0 Å². The molecule has 0 aliphatic carbocycles. The van der Waals surface area contributed by atoms with Gasteiger partial charge < -0.3 is 5.32 Å². The van der Waals surface area contributed by atoms with Crippen molar-refractivity contribution in [1.82, 2.24) is 5.32 Å². The maximum absolute atomic E-state index is 13.0. The molecule has 0 saturated carbocycles. The van der Waals surface area contributed by atoms with Gasteiger partial charge in [0, 0.05) is 6.04 Å². The fraction of sp³-hybridized carbons (Fsp3) is 0.600. The van der Waals surface area contributed by atoms with Crippen LogP contribution in [0.15, 0.2) is 24.3 Å². The summed E-state index contributed by atoms with van der Waals surface area (Å²) in [5.41, 5.74) is 1.07. The number of hydrogen-bond donors (Lipinski definition) is 1. The Morgan fingerprint density at radius 3 is 2.83 bits per heavy atom. The van der Waals surface area contributed by atoms with Gasteiger partial charge in [0.05, 0.1) is 0 Å². The first kappa shape index (κ1) is 15.5. The highest BCUT2D eigenvalue weighted by Gasteiger charge is 2.03. The minimum absolute atomic E-state index is 0.142. The number of rotatable bonds is 9. The smallest absolute Gasteiger partial charge is 0.123 e. The Bertz CT molecular complexity index is 330. The molecule has 1 atom stereocenters. The zero-order valence-electron chi connectivity index (χ0n) is 11.4. The third-order valence-electron chi connectivity index (χ3n) is 2.95. The first-order valence-electron chi connectivity index (χ1n) is 6.69. The topological polar surface area (TPSA) is 12.0 Å². The lowest BCUT2D eigenvalue weighted by atomic mass is 10.1. The van der Waals surface area contributed by atoms with Crippen molar-refractivity contribution in [2.24, 2.45) is 0 Å². The number of halogens is 1. The van der Waals surface area contributed by atoms with Crippen LogP contribution in [-0.2, 0) is 6.42 Å². The van der Waals surface area contributed by atoms with Gasteiger partial charge in [0.1, 0.15) is 5.82 Å². The van der Waals surface area contributed by atoms with Gasteiger partial charge in [-0.05, 0) is 62.4 Å². The van der Waals surface area contributed by atoms with E-state index in [2.05, 4.69) is 18.5 Å². The molecule has 0 aliphatic heterocycles. The van der Waals surface area contributed by atoms with Gasteiger partial charge in [0.2, 0.25) is 0 Å². The summed E-state index contributed by atoms with van der Waals surface area (Å²) in [7, 11) is 0. The lowest BCUT2D eigenvalue weighted by Gasteiger charge is -2.13. The lowest BCUT2D eigenvalue weighted by molar-refractivity contribution is 0.522. The van der Waals surface area contributed by atoms with Crippen LogP contribution >= 0.6 is 11.8 Å². The van der Waals surface area contributed by atoms with E-state index in [1.807, 2.05) is 17.8 Å². The number of unbranched alkanes of at least 4 members (excludes halogenated alkanes) is 2. The molecule has 0 aromatic heterocycles. The molecule has 3 heteroatoms. The van der Waals surface area contributed by atoms with E-state index in [9.17, 15) is 4.39 Å². The SMILES string of the molecule is CSCCCCCNC(C)Cc1cccc(F)c1. The van der Waals surface area contributed by atoms with Gasteiger partial charge in [-0.25, -0.2) is 4.39 Å². The second kappa shape index (κ2) is 9.40. The third kappa shape index (κ3) is 7.02. The molecule has 1 rings (SSSR count). The van der Waals surface area contributed by atoms with Crippen LogP contribution in [0.4, 0.5) is 4.39 Å². The van der Waals surface area contributed by atoms with Gasteiger partial charge in [-0.1, -0.05) is 18.6 Å². The highest BCUT2D eigenvalue weighted by Crippen LogP contribution is 2.07. The molecule has 0 radical (unpaired) electrons. The minimum atomic E-state index is -0.142. The largest absolute Gasteiger partial charge is 0.314 e. The van der Waals surface area contributed by atoms with Crippen LogP contribution < -0.4 is 5.32 Å². The number of thioether (sulfide) groups is 1. The first-order chi connectivity index (χ1) is 8.72. The van der Waals surface area contributed by atoms with Crippen molar-refractivity contribution in [2.45, 2.75) is 38.6 Å². The van der Waals surface area contributed by atoms with E-state index >= 15 is 0 Å². The van der Waals surface area contributed by atoms with Gasteiger partial charge in [-0.3, -0.25) is 0 Å². The Labute approximate surface area is 115 Å². The lowest BCUT2D eigenvalue weighted by Crippen LogP contribution is -2.29. The van der Waals surface area contributed by atoms with Crippen LogP contribution in [0, 0.1) is 5.82 Å². The van der Waals surface area contributed by atoms with Crippen LogP contribution in [-0.4, -0.2) is 24.6 Å². The summed E-state index contributed by atoms with van der Waals surface area (Å²) in [4.78, 5) is 0. The molecule has 1 nitrogen and oxygen atoms in total. The van der Waals surface area contributed by atoms with Crippen molar-refractivity contribution >= 4 is 11.8 Å². The average molecular weight is 269 g/mol. The molecule has 0 heterocycles. The fourth-order valence-corrected chi connectivity index (χ4v) is 2.48. The maximum atomic E-state index is 13.0. The van der Waals surface area contributed by atoms with E-state index in [1.165, 1.54) is 31.1 Å². The second-order valence-electron chi connectivity index (χ2n) is 4.74. The Hall–Kier alpha value is -0.540. The van der Waals surface area contributed by atoms with Crippen LogP contribution in [0.5, 0.6) is 0 Å². The molecule has 102 valence electrons. The zero-order chi connectivity index (χ0) is 13.2. The van der Waals surface area contributed by atoms with Crippen LogP contribution in [0.25, 0.3) is 0 Å². The highest BCUT2D eigenvalue weighted by atomic mass is 32.2. The summed E-state index contributed by atoms with van der Waals surface area (Å²) in [6.07, 6.45) is 6.87. The van der Waals surface area contributed by atoms with Crippen LogP contribution in [0.2, 0.25) is 0 Å². The zero-order valence-corrected chi connectivity index (χ0v) is 12.2. The van der Waals surface area contributed by atoms with Crippen molar-refractivity contribution in [3.05, 3.63) is 35.6 Å². The second-order valence-corrected chi connectivity index (χ2v) is 5.73. The van der Waals surface area contributed by atoms with Gasteiger partial charge in [0.25, 0.3) is 0 Å². The fourth-order valence-electron chi connectivity index (χ4n) is 1.99. The Balaban J connectivity index is 2.12. The molecule has 1 unspecified atom stereocenters. The monoisotopic (exact) mass is 269 g/mol. The van der Waals surface area contributed by atoms with E-state index in [0.29, 0.717) is 6.04 Å². The molecule has 0 amide bonds. The molecule has 0 spiro atoms. The predicted octanol–water partition coefficient (Wildman–Crippen LogP) is 3.88. The third-order valence-corrected chi connectivity index (χ3v) is 3.65. The molecular weight excluding hydrogens is 245 g/mol. The Kier molecular flexibility index (Phi) is 8.10. The van der Waals surface area contributed by atoms with Crippen molar-refractivity contribution in [3.63, 3.8) is 0 Å². The number of benzene rings is 1. The van der Waals surface area contributed by atoms with Crippen molar-refractivity contribution in [3.8, 4) is 0 Å². The molecule has 0 fully saturated rings. The summed E-state index contributed by atoms with van der Waals surface area (Å²) in [5.74, 6) is 1.12. The molecule has 0 bridgehead atoms. The average Bonchev–Trinajstić information content (AvgIpc) is 2.33.